The van der Waals surface area contributed by atoms with Gasteiger partial charge in [-0.25, -0.2) is 0 Å². The molecule has 17 heavy (non-hydrogen) atoms. The third-order valence-electron chi connectivity index (χ3n) is 1.77. The molecule has 0 saturated carbocycles. The van der Waals surface area contributed by atoms with Gasteiger partial charge in [0.1, 0.15) is 0 Å². The fraction of sp³-hybridized carbons (Fsp3) is 0.455. The Labute approximate surface area is 98.2 Å². The number of rotatable bonds is 2. The highest BCUT2D eigenvalue weighted by Gasteiger charge is 2.36. The van der Waals surface area contributed by atoms with Gasteiger partial charge in [-0.2, -0.15) is 13.2 Å². The molecule has 98 valence electrons. The van der Waals surface area contributed by atoms with Gasteiger partial charge in [-0.1, -0.05) is 18.2 Å². The monoisotopic (exact) mass is 250 g/mol. The Balaban J connectivity index is 0.000000318. The molecule has 0 aliphatic heterocycles. The average molecular weight is 250 g/mol. The number of hydrogen-bond acceptors (Lipinski definition) is 3. The molecule has 0 radical (unpaired) electrons. The summed E-state index contributed by atoms with van der Waals surface area (Å²) in [6.07, 6.45) is -5.46. The van der Waals surface area contributed by atoms with Crippen molar-refractivity contribution in [3.05, 3.63) is 30.3 Å². The van der Waals surface area contributed by atoms with E-state index in [0.717, 1.165) is 12.6 Å². The van der Waals surface area contributed by atoms with Crippen LogP contribution in [-0.4, -0.2) is 23.4 Å². The number of nitrogen functional groups attached to an aromatic ring is 1. The van der Waals surface area contributed by atoms with E-state index in [0.29, 0.717) is 0 Å². The molecule has 0 bridgehead atoms. The molecule has 0 aliphatic carbocycles. The predicted octanol–water partition coefficient (Wildman–Crippen LogP) is 1.92. The van der Waals surface area contributed by atoms with Crippen molar-refractivity contribution < 1.29 is 18.3 Å². The first-order chi connectivity index (χ1) is 7.66. The van der Waals surface area contributed by atoms with Crippen molar-refractivity contribution in [1.82, 2.24) is 0 Å². The SMILES string of the molecule is CC(N)(CO)CC(F)(F)F.Nc1ccccc1. The summed E-state index contributed by atoms with van der Waals surface area (Å²) in [7, 11) is 0. The molecule has 0 amide bonds. The lowest BCUT2D eigenvalue weighted by molar-refractivity contribution is -0.148. The second-order valence-corrected chi connectivity index (χ2v) is 4.01. The highest BCUT2D eigenvalue weighted by molar-refractivity contribution is 5.35. The van der Waals surface area contributed by atoms with E-state index in [4.69, 9.17) is 16.6 Å². The molecule has 1 unspecified atom stereocenters. The summed E-state index contributed by atoms with van der Waals surface area (Å²) >= 11 is 0. The Morgan fingerprint density at radius 3 is 1.82 bits per heavy atom. The second kappa shape index (κ2) is 6.46. The van der Waals surface area contributed by atoms with Crippen LogP contribution in [0.2, 0.25) is 0 Å². The lowest BCUT2D eigenvalue weighted by Crippen LogP contribution is -2.44. The van der Waals surface area contributed by atoms with Crippen LogP contribution in [0.1, 0.15) is 13.3 Å². The van der Waals surface area contributed by atoms with E-state index in [2.05, 4.69) is 0 Å². The third-order valence-corrected chi connectivity index (χ3v) is 1.77. The first-order valence-corrected chi connectivity index (χ1v) is 4.93. The van der Waals surface area contributed by atoms with Crippen LogP contribution in [0.15, 0.2) is 30.3 Å². The van der Waals surface area contributed by atoms with E-state index in [-0.39, 0.29) is 0 Å². The molecule has 0 spiro atoms. The van der Waals surface area contributed by atoms with E-state index in [1.807, 2.05) is 30.3 Å². The van der Waals surface area contributed by atoms with E-state index in [9.17, 15) is 13.2 Å². The van der Waals surface area contributed by atoms with Crippen molar-refractivity contribution in [2.45, 2.75) is 25.1 Å². The third kappa shape index (κ3) is 9.65. The zero-order valence-corrected chi connectivity index (χ0v) is 9.54. The maximum atomic E-state index is 11.5. The summed E-state index contributed by atoms with van der Waals surface area (Å²) < 4.78 is 34.6. The van der Waals surface area contributed by atoms with Crippen LogP contribution in [0.3, 0.4) is 0 Å². The minimum absolute atomic E-state index is 0.660. The smallest absolute Gasteiger partial charge is 0.390 e. The Hall–Kier alpha value is -1.27. The first-order valence-electron chi connectivity index (χ1n) is 4.93. The molecule has 3 nitrogen and oxygen atoms in total. The fourth-order valence-electron chi connectivity index (χ4n) is 0.967. The summed E-state index contributed by atoms with van der Waals surface area (Å²) in [6, 6.07) is 9.49. The number of halogens is 3. The fourth-order valence-corrected chi connectivity index (χ4v) is 0.967. The standard InChI is InChI=1S/C6H7N.C5H10F3NO/c7-6-4-2-1-3-5-6;1-4(9,3-10)2-5(6,7)8/h1-5H,7H2;10H,2-3,9H2,1H3. The van der Waals surface area contributed by atoms with Crippen LogP contribution in [0, 0.1) is 0 Å². The van der Waals surface area contributed by atoms with Gasteiger partial charge in [-0.15, -0.1) is 0 Å². The van der Waals surface area contributed by atoms with Crippen LogP contribution < -0.4 is 11.5 Å². The van der Waals surface area contributed by atoms with Gasteiger partial charge in [0.2, 0.25) is 0 Å². The normalized spacial score (nSPS) is 14.5. The second-order valence-electron chi connectivity index (χ2n) is 4.01. The first kappa shape index (κ1) is 15.7. The Kier molecular flexibility index (Phi) is 5.98. The molecule has 0 fully saturated rings. The van der Waals surface area contributed by atoms with Crippen molar-refractivity contribution >= 4 is 5.69 Å². The number of hydrogen-bond donors (Lipinski definition) is 3. The highest BCUT2D eigenvalue weighted by atomic mass is 19.4. The quantitative estimate of drug-likeness (QED) is 0.702. The summed E-state index contributed by atoms with van der Waals surface area (Å²) in [4.78, 5) is 0. The predicted molar refractivity (Wildman–Crippen MR) is 61.2 cm³/mol. The zero-order valence-electron chi connectivity index (χ0n) is 9.54. The lowest BCUT2D eigenvalue weighted by Gasteiger charge is -2.22. The molecule has 0 heterocycles. The van der Waals surface area contributed by atoms with Crippen LogP contribution in [-0.2, 0) is 0 Å². The number of aliphatic hydroxyl groups excluding tert-OH is 1. The Morgan fingerprint density at radius 1 is 1.18 bits per heavy atom. The molecule has 1 aromatic rings. The van der Waals surface area contributed by atoms with Gasteiger partial charge in [0.05, 0.1) is 13.0 Å². The minimum atomic E-state index is -4.30. The van der Waals surface area contributed by atoms with E-state index in [1.54, 1.807) is 0 Å². The highest BCUT2D eigenvalue weighted by Crippen LogP contribution is 2.25. The number of alkyl halides is 3. The number of nitrogens with two attached hydrogens (primary N) is 2. The maximum absolute atomic E-state index is 11.5. The van der Waals surface area contributed by atoms with Crippen LogP contribution in [0.5, 0.6) is 0 Å². The molecule has 1 aromatic carbocycles. The van der Waals surface area contributed by atoms with Gasteiger partial charge >= 0.3 is 6.18 Å². The molecule has 0 aromatic heterocycles. The molecular formula is C11H17F3N2O. The topological polar surface area (TPSA) is 72.3 Å². The molecule has 1 atom stereocenters. The number of para-hydroxylation sites is 1. The molecule has 1 rings (SSSR count). The number of anilines is 1. The van der Waals surface area contributed by atoms with Crippen LogP contribution in [0.4, 0.5) is 18.9 Å². The van der Waals surface area contributed by atoms with Gasteiger partial charge in [0.15, 0.2) is 0 Å². The molecule has 5 N–H and O–H groups in total. The van der Waals surface area contributed by atoms with Crippen molar-refractivity contribution in [2.24, 2.45) is 5.73 Å². The Bertz CT molecular complexity index is 312. The van der Waals surface area contributed by atoms with Crippen molar-refractivity contribution in [3.63, 3.8) is 0 Å². The van der Waals surface area contributed by atoms with Crippen molar-refractivity contribution in [1.29, 1.82) is 0 Å². The average Bonchev–Trinajstić information content (AvgIpc) is 2.16. The van der Waals surface area contributed by atoms with Crippen LogP contribution >= 0.6 is 0 Å². The van der Waals surface area contributed by atoms with Gasteiger partial charge in [-0.3, -0.25) is 0 Å². The Morgan fingerprint density at radius 2 is 1.65 bits per heavy atom. The molecule has 6 heteroatoms. The van der Waals surface area contributed by atoms with Gasteiger partial charge < -0.3 is 16.6 Å². The largest absolute Gasteiger partial charge is 0.399 e. The van der Waals surface area contributed by atoms with Crippen molar-refractivity contribution in [2.75, 3.05) is 12.3 Å². The summed E-state index contributed by atoms with van der Waals surface area (Å²) in [5.41, 5.74) is 9.67. The van der Waals surface area contributed by atoms with Crippen LogP contribution in [0.25, 0.3) is 0 Å². The minimum Gasteiger partial charge on any atom is -0.399 e. The maximum Gasteiger partial charge on any atom is 0.390 e. The van der Waals surface area contributed by atoms with Gasteiger partial charge in [0, 0.05) is 11.2 Å². The molecule has 0 aliphatic rings. The zero-order chi connectivity index (χ0) is 13.5. The number of aliphatic hydroxyl groups is 1. The van der Waals surface area contributed by atoms with Gasteiger partial charge in [0.25, 0.3) is 0 Å². The van der Waals surface area contributed by atoms with E-state index in [1.165, 1.54) is 0 Å². The summed E-state index contributed by atoms with van der Waals surface area (Å²) in [6.45, 7) is 0.493. The van der Waals surface area contributed by atoms with Crippen molar-refractivity contribution in [3.8, 4) is 0 Å². The van der Waals surface area contributed by atoms with E-state index >= 15 is 0 Å². The van der Waals surface area contributed by atoms with Gasteiger partial charge in [-0.05, 0) is 19.1 Å². The number of benzene rings is 1. The van der Waals surface area contributed by atoms with E-state index < -0.39 is 24.7 Å². The summed E-state index contributed by atoms with van der Waals surface area (Å²) in [5.74, 6) is 0. The lowest BCUT2D eigenvalue weighted by atomic mass is 10.0. The molecule has 0 saturated heterocycles. The molecular weight excluding hydrogens is 233 g/mol. The summed E-state index contributed by atoms with van der Waals surface area (Å²) in [5, 5.41) is 8.33.